The molecule has 0 aliphatic carbocycles. The van der Waals surface area contributed by atoms with Crippen molar-refractivity contribution in [3.63, 3.8) is 0 Å². The van der Waals surface area contributed by atoms with Crippen molar-refractivity contribution in [2.75, 3.05) is 18.5 Å². The Morgan fingerprint density at radius 2 is 1.87 bits per heavy atom. The van der Waals surface area contributed by atoms with E-state index in [1.807, 2.05) is 63.2 Å². The van der Waals surface area contributed by atoms with Crippen LogP contribution in [-0.4, -0.2) is 35.2 Å². The van der Waals surface area contributed by atoms with Crippen LogP contribution in [0.5, 0.6) is 0 Å². The molecule has 162 valence electrons. The molecule has 0 bridgehead atoms. The minimum Gasteiger partial charge on any atom is -0.376 e. The Kier molecular flexibility index (Phi) is 6.44. The van der Waals surface area contributed by atoms with Crippen LogP contribution in [0.2, 0.25) is 5.15 Å². The van der Waals surface area contributed by atoms with Gasteiger partial charge in [0, 0.05) is 29.8 Å². The lowest BCUT2D eigenvalue weighted by atomic mass is 10.1. The van der Waals surface area contributed by atoms with Gasteiger partial charge in [-0.2, -0.15) is 0 Å². The van der Waals surface area contributed by atoms with Gasteiger partial charge in [0.05, 0.1) is 18.2 Å². The number of carbonyl (C=O) groups excluding carboxylic acids is 1. The number of nitrogens with zero attached hydrogens (tertiary/aromatic N) is 2. The van der Waals surface area contributed by atoms with Gasteiger partial charge in [0.15, 0.2) is 0 Å². The number of nitrogens with one attached hydrogen (secondary N) is 1. The maximum absolute atomic E-state index is 13.3. The van der Waals surface area contributed by atoms with E-state index in [0.29, 0.717) is 18.2 Å². The third-order valence-corrected chi connectivity index (χ3v) is 6.21. The summed E-state index contributed by atoms with van der Waals surface area (Å²) in [5.41, 5.74) is 5.71. The van der Waals surface area contributed by atoms with E-state index < -0.39 is 0 Å². The smallest absolute Gasteiger partial charge is 0.322 e. The number of hydrogen-bond donors (Lipinski definition) is 1. The first kappa shape index (κ1) is 21.6. The van der Waals surface area contributed by atoms with Gasteiger partial charge in [-0.3, -0.25) is 0 Å². The minimum atomic E-state index is -0.159. The first-order valence-corrected chi connectivity index (χ1v) is 11.1. The highest BCUT2D eigenvalue weighted by molar-refractivity contribution is 6.30. The number of fused-ring (bicyclic) bond motifs is 1. The fourth-order valence-electron chi connectivity index (χ4n) is 4.14. The minimum absolute atomic E-state index is 0.0400. The fourth-order valence-corrected chi connectivity index (χ4v) is 4.33. The Balaban J connectivity index is 1.62. The Labute approximate surface area is 188 Å². The normalized spacial score (nSPS) is 15.9. The molecule has 0 saturated carbocycles. The van der Waals surface area contributed by atoms with Crippen molar-refractivity contribution < 1.29 is 9.53 Å². The van der Waals surface area contributed by atoms with Crippen LogP contribution in [0.4, 0.5) is 10.5 Å². The van der Waals surface area contributed by atoms with E-state index in [9.17, 15) is 4.79 Å². The summed E-state index contributed by atoms with van der Waals surface area (Å²) in [7, 11) is 0. The second kappa shape index (κ2) is 9.25. The summed E-state index contributed by atoms with van der Waals surface area (Å²) in [6, 6.07) is 13.9. The summed E-state index contributed by atoms with van der Waals surface area (Å²) in [5, 5.41) is 4.56. The number of anilines is 1. The summed E-state index contributed by atoms with van der Waals surface area (Å²) < 4.78 is 5.81. The van der Waals surface area contributed by atoms with Gasteiger partial charge in [-0.25, -0.2) is 9.78 Å². The number of urea groups is 1. The Morgan fingerprint density at radius 1 is 1.16 bits per heavy atom. The number of aromatic nitrogens is 1. The number of para-hydroxylation sites is 2. The molecule has 1 N–H and O–H groups in total. The van der Waals surface area contributed by atoms with Crippen molar-refractivity contribution in [1.82, 2.24) is 9.88 Å². The van der Waals surface area contributed by atoms with E-state index in [2.05, 4.69) is 10.3 Å². The number of pyridine rings is 1. The van der Waals surface area contributed by atoms with Gasteiger partial charge >= 0.3 is 6.03 Å². The molecule has 2 heterocycles. The molecule has 5 nitrogen and oxygen atoms in total. The van der Waals surface area contributed by atoms with Crippen LogP contribution in [0.15, 0.2) is 42.5 Å². The summed E-state index contributed by atoms with van der Waals surface area (Å²) in [5.74, 6) is 0. The summed E-state index contributed by atoms with van der Waals surface area (Å²) in [6.45, 7) is 7.64. The topological polar surface area (TPSA) is 54.5 Å². The first-order chi connectivity index (χ1) is 14.9. The van der Waals surface area contributed by atoms with E-state index >= 15 is 0 Å². The highest BCUT2D eigenvalue weighted by atomic mass is 35.5. The number of carbonyl (C=O) groups is 1. The molecule has 2 amide bonds. The van der Waals surface area contributed by atoms with E-state index in [-0.39, 0.29) is 12.1 Å². The van der Waals surface area contributed by atoms with Crippen LogP contribution in [-0.2, 0) is 11.3 Å². The van der Waals surface area contributed by atoms with Crippen molar-refractivity contribution in [2.24, 2.45) is 0 Å². The number of benzene rings is 2. The Hall–Kier alpha value is -2.63. The zero-order chi connectivity index (χ0) is 22.0. The summed E-state index contributed by atoms with van der Waals surface area (Å²) in [6.07, 6.45) is 2.02. The lowest BCUT2D eigenvalue weighted by molar-refractivity contribution is 0.0819. The van der Waals surface area contributed by atoms with Gasteiger partial charge < -0.3 is 15.0 Å². The van der Waals surface area contributed by atoms with Gasteiger partial charge in [-0.1, -0.05) is 48.0 Å². The molecule has 1 atom stereocenters. The van der Waals surface area contributed by atoms with Crippen LogP contribution in [0, 0.1) is 20.8 Å². The van der Waals surface area contributed by atoms with E-state index in [0.717, 1.165) is 58.3 Å². The van der Waals surface area contributed by atoms with Crippen molar-refractivity contribution in [3.8, 4) is 0 Å². The number of amides is 2. The zero-order valence-corrected chi connectivity index (χ0v) is 19.0. The molecule has 0 radical (unpaired) electrons. The standard InChI is InChI=1S/C25H28ClN3O2/c1-16-7-4-8-17(2)22(16)28-25(30)29(15-21-11-6-12-31-21)14-20-13-19-10-5-9-18(3)23(19)27-24(20)26/h4-5,7-10,13,21H,6,11-12,14-15H2,1-3H3,(H,28,30)/t21-/m1/s1. The van der Waals surface area contributed by atoms with Crippen LogP contribution < -0.4 is 5.32 Å². The van der Waals surface area contributed by atoms with Crippen molar-refractivity contribution in [3.05, 3.63) is 69.9 Å². The van der Waals surface area contributed by atoms with E-state index in [1.165, 1.54) is 0 Å². The number of aryl methyl sites for hydroxylation is 3. The monoisotopic (exact) mass is 437 g/mol. The predicted molar refractivity (Wildman–Crippen MR) is 126 cm³/mol. The van der Waals surface area contributed by atoms with Gasteiger partial charge in [0.1, 0.15) is 5.15 Å². The molecule has 1 aromatic heterocycles. The lowest BCUT2D eigenvalue weighted by Crippen LogP contribution is -2.40. The highest BCUT2D eigenvalue weighted by Gasteiger charge is 2.24. The maximum Gasteiger partial charge on any atom is 0.322 e. The molecule has 31 heavy (non-hydrogen) atoms. The predicted octanol–water partition coefficient (Wildman–Crippen LogP) is 6.03. The average molecular weight is 438 g/mol. The Morgan fingerprint density at radius 3 is 2.58 bits per heavy atom. The summed E-state index contributed by atoms with van der Waals surface area (Å²) >= 11 is 6.55. The quantitative estimate of drug-likeness (QED) is 0.496. The first-order valence-electron chi connectivity index (χ1n) is 10.7. The third-order valence-electron chi connectivity index (χ3n) is 5.88. The molecule has 3 aromatic rings. The van der Waals surface area contributed by atoms with Crippen LogP contribution in [0.25, 0.3) is 10.9 Å². The number of hydrogen-bond acceptors (Lipinski definition) is 3. The van der Waals surface area contributed by atoms with Crippen LogP contribution in [0.1, 0.15) is 35.1 Å². The van der Waals surface area contributed by atoms with Gasteiger partial charge in [-0.15, -0.1) is 0 Å². The second-order valence-electron chi connectivity index (χ2n) is 8.30. The Bertz CT molecular complexity index is 1090. The highest BCUT2D eigenvalue weighted by Crippen LogP contribution is 2.26. The maximum atomic E-state index is 13.3. The van der Waals surface area contributed by atoms with E-state index in [4.69, 9.17) is 16.3 Å². The van der Waals surface area contributed by atoms with Crippen molar-refractivity contribution in [1.29, 1.82) is 0 Å². The van der Waals surface area contributed by atoms with Crippen molar-refractivity contribution >= 4 is 34.2 Å². The van der Waals surface area contributed by atoms with Gasteiger partial charge in [0.2, 0.25) is 0 Å². The molecule has 1 aliphatic heterocycles. The van der Waals surface area contributed by atoms with Gasteiger partial charge in [0.25, 0.3) is 0 Å². The molecular weight excluding hydrogens is 410 g/mol. The average Bonchev–Trinajstić information content (AvgIpc) is 3.25. The lowest BCUT2D eigenvalue weighted by Gasteiger charge is -2.27. The van der Waals surface area contributed by atoms with Crippen LogP contribution >= 0.6 is 11.6 Å². The van der Waals surface area contributed by atoms with Crippen molar-refractivity contribution in [2.45, 2.75) is 46.3 Å². The zero-order valence-electron chi connectivity index (χ0n) is 18.2. The summed E-state index contributed by atoms with van der Waals surface area (Å²) in [4.78, 5) is 19.7. The molecule has 1 fully saturated rings. The molecule has 4 rings (SSSR count). The molecule has 6 heteroatoms. The number of rotatable bonds is 5. The van der Waals surface area contributed by atoms with Gasteiger partial charge in [-0.05, 0) is 56.4 Å². The molecule has 0 spiro atoms. The molecule has 0 unspecified atom stereocenters. The number of halogens is 1. The third kappa shape index (κ3) is 4.83. The molecule has 1 aliphatic rings. The molecular formula is C25H28ClN3O2. The van der Waals surface area contributed by atoms with E-state index in [1.54, 1.807) is 4.90 Å². The van der Waals surface area contributed by atoms with Crippen LogP contribution in [0.3, 0.4) is 0 Å². The largest absolute Gasteiger partial charge is 0.376 e. The number of ether oxygens (including phenoxy) is 1. The SMILES string of the molecule is Cc1cccc(C)c1NC(=O)N(Cc1cc2cccc(C)c2nc1Cl)C[C@H]1CCCO1. The molecule has 1 saturated heterocycles. The second-order valence-corrected chi connectivity index (χ2v) is 8.66. The molecule has 2 aromatic carbocycles. The fraction of sp³-hybridized carbons (Fsp3) is 0.360.